The number of halogens is 1. The van der Waals surface area contributed by atoms with Crippen molar-refractivity contribution in [2.24, 2.45) is 0 Å². The number of H-pyrrole nitrogens is 1. The molecule has 0 unspecified atom stereocenters. The van der Waals surface area contributed by atoms with Crippen LogP contribution in [0.15, 0.2) is 20.9 Å². The fourth-order valence-electron chi connectivity index (χ4n) is 1.61. The van der Waals surface area contributed by atoms with Crippen molar-refractivity contribution in [1.29, 1.82) is 0 Å². The molecule has 0 saturated heterocycles. The average molecular weight is 353 g/mol. The van der Waals surface area contributed by atoms with Crippen LogP contribution < -0.4 is 11.5 Å². The van der Waals surface area contributed by atoms with Gasteiger partial charge in [-0.15, -0.1) is 0 Å². The van der Waals surface area contributed by atoms with E-state index >= 15 is 0 Å². The molecule has 0 aromatic carbocycles. The van der Waals surface area contributed by atoms with Crippen LogP contribution in [0.2, 0.25) is 0 Å². The second-order valence-corrected chi connectivity index (χ2v) is 5.64. The highest BCUT2D eigenvalue weighted by Crippen LogP contribution is 2.35. The van der Waals surface area contributed by atoms with Gasteiger partial charge in [0.25, 0.3) is 0 Å². The van der Waals surface area contributed by atoms with Crippen LogP contribution in [-0.2, 0) is 0 Å². The third-order valence-electron chi connectivity index (χ3n) is 2.42. The molecule has 0 bridgehead atoms. The number of anilines is 2. The van der Waals surface area contributed by atoms with Crippen LogP contribution in [0, 0.1) is 6.92 Å². The first-order valence-corrected chi connectivity index (χ1v) is 7.09. The summed E-state index contributed by atoms with van der Waals surface area (Å²) >= 11 is 4.68. The summed E-state index contributed by atoms with van der Waals surface area (Å²) in [5.74, 6) is 1.11. The monoisotopic (exact) mass is 352 g/mol. The van der Waals surface area contributed by atoms with Crippen LogP contribution in [-0.4, -0.2) is 29.9 Å². The number of nitrogens with one attached hydrogen (secondary N) is 1. The lowest BCUT2D eigenvalue weighted by Crippen LogP contribution is -2.00. The third-order valence-corrected chi connectivity index (χ3v) is 4.44. The van der Waals surface area contributed by atoms with E-state index in [0.717, 1.165) is 0 Å². The molecule has 0 saturated carbocycles. The minimum Gasteiger partial charge on any atom is -0.383 e. The molecule has 0 spiro atoms. The Bertz CT molecular complexity index is 801. The topological polar surface area (TPSA) is 132 Å². The molecular formula is C10H9BrN8S. The summed E-state index contributed by atoms with van der Waals surface area (Å²) in [6.07, 6.45) is 1.54. The summed E-state index contributed by atoms with van der Waals surface area (Å²) in [6, 6.07) is 0. The van der Waals surface area contributed by atoms with Crippen molar-refractivity contribution in [3.8, 4) is 0 Å². The van der Waals surface area contributed by atoms with Crippen molar-refractivity contribution in [3.05, 3.63) is 16.6 Å². The molecule has 0 atom stereocenters. The predicted octanol–water partition coefficient (Wildman–Crippen LogP) is 1.53. The number of hydrogen-bond acceptors (Lipinski definition) is 8. The van der Waals surface area contributed by atoms with Crippen molar-refractivity contribution >= 4 is 50.6 Å². The number of aryl methyl sites for hydroxylation is 1. The number of fused-ring (bicyclic) bond motifs is 1. The highest BCUT2D eigenvalue weighted by atomic mass is 79.9. The van der Waals surface area contributed by atoms with E-state index in [4.69, 9.17) is 11.5 Å². The van der Waals surface area contributed by atoms with Gasteiger partial charge in [-0.3, -0.25) is 0 Å². The molecule has 3 rings (SSSR count). The minimum absolute atomic E-state index is 0.155. The van der Waals surface area contributed by atoms with Gasteiger partial charge in [0.15, 0.2) is 5.65 Å². The molecule has 3 heterocycles. The maximum absolute atomic E-state index is 5.81. The molecule has 0 aliphatic carbocycles. The number of hydrogen-bond donors (Lipinski definition) is 3. The zero-order chi connectivity index (χ0) is 14.3. The molecule has 0 aliphatic heterocycles. The van der Waals surface area contributed by atoms with Gasteiger partial charge in [-0.1, -0.05) is 0 Å². The quantitative estimate of drug-likeness (QED) is 0.591. The fraction of sp³-hybridized carbons (Fsp3) is 0.100. The van der Waals surface area contributed by atoms with Crippen LogP contribution in [0.3, 0.4) is 0 Å². The van der Waals surface area contributed by atoms with Gasteiger partial charge in [0, 0.05) is 0 Å². The van der Waals surface area contributed by atoms with E-state index in [9.17, 15) is 0 Å². The van der Waals surface area contributed by atoms with Crippen molar-refractivity contribution in [1.82, 2.24) is 29.9 Å². The van der Waals surface area contributed by atoms with Gasteiger partial charge < -0.3 is 16.5 Å². The van der Waals surface area contributed by atoms with Gasteiger partial charge in [0.1, 0.15) is 27.2 Å². The van der Waals surface area contributed by atoms with Gasteiger partial charge >= 0.3 is 0 Å². The minimum atomic E-state index is 0.155. The first-order valence-electron chi connectivity index (χ1n) is 5.48. The molecule has 8 nitrogen and oxygen atoms in total. The van der Waals surface area contributed by atoms with Crippen molar-refractivity contribution in [3.63, 3.8) is 0 Å². The maximum Gasteiger partial charge on any atom is 0.223 e. The average Bonchev–Trinajstić information content (AvgIpc) is 2.83. The Morgan fingerprint density at radius 3 is 2.75 bits per heavy atom. The molecule has 5 N–H and O–H groups in total. The second-order valence-electron chi connectivity index (χ2n) is 3.87. The van der Waals surface area contributed by atoms with Crippen LogP contribution in [0.25, 0.3) is 11.2 Å². The molecule has 3 aromatic heterocycles. The molecule has 0 amide bonds. The predicted molar refractivity (Wildman–Crippen MR) is 79.1 cm³/mol. The van der Waals surface area contributed by atoms with Crippen LogP contribution in [0.5, 0.6) is 0 Å². The van der Waals surface area contributed by atoms with Crippen molar-refractivity contribution in [2.75, 3.05) is 11.5 Å². The lowest BCUT2D eigenvalue weighted by molar-refractivity contribution is 0.957. The molecule has 3 aromatic rings. The Kier molecular flexibility index (Phi) is 3.18. The lowest BCUT2D eigenvalue weighted by atomic mass is 10.5. The highest BCUT2D eigenvalue weighted by molar-refractivity contribution is 9.10. The Morgan fingerprint density at radius 1 is 1.15 bits per heavy atom. The first-order chi connectivity index (χ1) is 9.54. The van der Waals surface area contributed by atoms with E-state index in [1.807, 2.05) is 0 Å². The maximum atomic E-state index is 5.81. The van der Waals surface area contributed by atoms with Crippen LogP contribution in [0.1, 0.15) is 5.82 Å². The van der Waals surface area contributed by atoms with E-state index in [1.165, 1.54) is 18.1 Å². The van der Waals surface area contributed by atoms with Gasteiger partial charge in [0.2, 0.25) is 5.95 Å². The lowest BCUT2D eigenvalue weighted by Gasteiger charge is -2.07. The normalized spacial score (nSPS) is 11.1. The summed E-state index contributed by atoms with van der Waals surface area (Å²) in [5, 5.41) is 1.28. The summed E-state index contributed by atoms with van der Waals surface area (Å²) in [4.78, 5) is 23.7. The number of rotatable bonds is 2. The van der Waals surface area contributed by atoms with E-state index in [1.54, 1.807) is 6.92 Å². The molecule has 0 radical (unpaired) electrons. The second kappa shape index (κ2) is 4.87. The molecule has 20 heavy (non-hydrogen) atoms. The largest absolute Gasteiger partial charge is 0.383 e. The number of aromatic nitrogens is 6. The zero-order valence-electron chi connectivity index (χ0n) is 10.3. The van der Waals surface area contributed by atoms with E-state index in [2.05, 4.69) is 45.8 Å². The molecule has 10 heteroatoms. The molecule has 0 aliphatic rings. The number of nitrogens with zero attached hydrogens (tertiary/aromatic N) is 5. The fourth-order valence-corrected chi connectivity index (χ4v) is 2.98. The van der Waals surface area contributed by atoms with E-state index in [0.29, 0.717) is 37.3 Å². The van der Waals surface area contributed by atoms with Crippen LogP contribution >= 0.6 is 27.7 Å². The number of aromatic amines is 1. The number of imidazole rings is 1. The third kappa shape index (κ3) is 2.27. The SMILES string of the molecule is Cc1nc(N)c(Br)c(Sc2nc(N)nc3nc[nH]c23)n1. The Morgan fingerprint density at radius 2 is 1.95 bits per heavy atom. The van der Waals surface area contributed by atoms with Gasteiger partial charge in [-0.05, 0) is 34.6 Å². The summed E-state index contributed by atoms with van der Waals surface area (Å²) in [5.41, 5.74) is 12.7. The zero-order valence-corrected chi connectivity index (χ0v) is 12.7. The van der Waals surface area contributed by atoms with Crippen LogP contribution in [0.4, 0.5) is 11.8 Å². The van der Waals surface area contributed by atoms with Gasteiger partial charge in [0.05, 0.1) is 10.8 Å². The summed E-state index contributed by atoms with van der Waals surface area (Å²) in [7, 11) is 0. The Hall–Kier alpha value is -1.94. The smallest absolute Gasteiger partial charge is 0.223 e. The van der Waals surface area contributed by atoms with E-state index in [-0.39, 0.29) is 5.95 Å². The standard InChI is InChI=1S/C10H9BrN8S/c1-3-16-6(12)4(11)8(17-3)20-9-5-7(15-2-14-5)18-10(13)19-9/h2H,1H3,(H2,12,16,17)(H3,13,14,15,18,19). The van der Waals surface area contributed by atoms with Gasteiger partial charge in [-0.2, -0.15) is 4.98 Å². The summed E-state index contributed by atoms with van der Waals surface area (Å²) < 4.78 is 0.623. The van der Waals surface area contributed by atoms with Gasteiger partial charge in [-0.25, -0.2) is 19.9 Å². The Balaban J connectivity index is 2.12. The van der Waals surface area contributed by atoms with Crippen molar-refractivity contribution in [2.45, 2.75) is 17.0 Å². The molecule has 0 fully saturated rings. The first kappa shape index (κ1) is 13.1. The molecule has 102 valence electrons. The number of nitrogens with two attached hydrogens (primary N) is 2. The number of nitrogen functional groups attached to an aromatic ring is 2. The van der Waals surface area contributed by atoms with E-state index < -0.39 is 0 Å². The highest BCUT2D eigenvalue weighted by Gasteiger charge is 2.15. The summed E-state index contributed by atoms with van der Waals surface area (Å²) in [6.45, 7) is 1.77. The van der Waals surface area contributed by atoms with Crippen molar-refractivity contribution < 1.29 is 0 Å². The molecular weight excluding hydrogens is 344 g/mol. The Labute approximate surface area is 126 Å².